The van der Waals surface area contributed by atoms with Gasteiger partial charge in [0.2, 0.25) is 0 Å². The third-order valence-electron chi connectivity index (χ3n) is 6.40. The van der Waals surface area contributed by atoms with Crippen LogP contribution in [0.1, 0.15) is 24.1 Å². The molecule has 4 aromatic rings. The fraction of sp³-hybridized carbons (Fsp3) is 0.207. The van der Waals surface area contributed by atoms with E-state index in [4.69, 9.17) is 18.9 Å². The van der Waals surface area contributed by atoms with Crippen LogP contribution in [0.2, 0.25) is 0 Å². The van der Waals surface area contributed by atoms with Crippen molar-refractivity contribution in [3.8, 4) is 23.0 Å². The van der Waals surface area contributed by atoms with E-state index in [1.165, 1.54) is 30.5 Å². The predicted octanol–water partition coefficient (Wildman–Crippen LogP) is 5.35. The first-order valence-electron chi connectivity index (χ1n) is 12.1. The Kier molecular flexibility index (Phi) is 7.12. The molecule has 1 aliphatic rings. The smallest absolute Gasteiger partial charge is 0.301 e. The summed E-state index contributed by atoms with van der Waals surface area (Å²) in [7, 11) is 4.62. The van der Waals surface area contributed by atoms with Crippen molar-refractivity contribution in [3.63, 3.8) is 0 Å². The summed E-state index contributed by atoms with van der Waals surface area (Å²) in [5.41, 5.74) is 1.50. The summed E-state index contributed by atoms with van der Waals surface area (Å²) in [6, 6.07) is 16.2. The Balaban J connectivity index is 1.71. The van der Waals surface area contributed by atoms with Crippen molar-refractivity contribution >= 4 is 44.1 Å². The van der Waals surface area contributed by atoms with Crippen LogP contribution in [0, 0.1) is 0 Å². The maximum Gasteiger partial charge on any atom is 0.301 e. The van der Waals surface area contributed by atoms with Gasteiger partial charge in [-0.25, -0.2) is 4.98 Å². The van der Waals surface area contributed by atoms with E-state index < -0.39 is 17.7 Å². The monoisotopic (exact) mass is 546 g/mol. The largest absolute Gasteiger partial charge is 0.507 e. The Morgan fingerprint density at radius 3 is 2.31 bits per heavy atom. The van der Waals surface area contributed by atoms with Crippen LogP contribution in [0.4, 0.5) is 5.13 Å². The van der Waals surface area contributed by atoms with Crippen LogP contribution in [0.5, 0.6) is 23.0 Å². The van der Waals surface area contributed by atoms with E-state index in [0.717, 1.165) is 4.70 Å². The Labute approximate surface area is 228 Å². The molecule has 2 heterocycles. The Bertz CT molecular complexity index is 1590. The third kappa shape index (κ3) is 4.63. The van der Waals surface area contributed by atoms with Crippen LogP contribution >= 0.6 is 11.3 Å². The molecule has 1 unspecified atom stereocenters. The minimum atomic E-state index is -0.973. The molecule has 1 amide bonds. The van der Waals surface area contributed by atoms with Gasteiger partial charge in [-0.15, -0.1) is 0 Å². The second-order valence-electron chi connectivity index (χ2n) is 8.57. The minimum Gasteiger partial charge on any atom is -0.507 e. The number of aromatic nitrogens is 1. The molecule has 0 bridgehead atoms. The molecule has 1 fully saturated rings. The summed E-state index contributed by atoms with van der Waals surface area (Å²) in [5.74, 6) is 0.254. The summed E-state index contributed by atoms with van der Waals surface area (Å²) in [5, 5.41) is 11.7. The molecule has 0 saturated carbocycles. The summed E-state index contributed by atoms with van der Waals surface area (Å²) >= 11 is 1.25. The van der Waals surface area contributed by atoms with Crippen molar-refractivity contribution in [2.24, 2.45) is 0 Å². The van der Waals surface area contributed by atoms with Crippen molar-refractivity contribution in [3.05, 3.63) is 77.4 Å². The molecule has 1 N–H and O–H groups in total. The SMILES string of the molecule is CCOc1ccc(C2/C(=C(\O)c3ccc(OC)cc3)C(=O)C(=O)N2c2nc3ccc(OC)cc3s2)cc1OC. The lowest BCUT2D eigenvalue weighted by Crippen LogP contribution is -2.29. The zero-order chi connectivity index (χ0) is 27.7. The van der Waals surface area contributed by atoms with Crippen LogP contribution < -0.4 is 23.8 Å². The molecule has 9 nitrogen and oxygen atoms in total. The molecule has 5 rings (SSSR count). The normalized spacial score (nSPS) is 16.5. The minimum absolute atomic E-state index is 0.0618. The number of Topliss-reactive ketones (excluding diaryl/α,β-unsaturated/α-hetero) is 1. The van der Waals surface area contributed by atoms with Gasteiger partial charge in [-0.1, -0.05) is 17.4 Å². The highest BCUT2D eigenvalue weighted by Gasteiger charge is 2.48. The maximum atomic E-state index is 13.6. The van der Waals surface area contributed by atoms with Gasteiger partial charge in [0, 0.05) is 5.56 Å². The lowest BCUT2D eigenvalue weighted by atomic mass is 9.95. The first kappa shape index (κ1) is 26.1. The average Bonchev–Trinajstić information content (AvgIpc) is 3.50. The van der Waals surface area contributed by atoms with E-state index in [2.05, 4.69) is 4.98 Å². The quantitative estimate of drug-likeness (QED) is 0.179. The van der Waals surface area contributed by atoms with Gasteiger partial charge in [0.05, 0.1) is 49.8 Å². The molecule has 1 saturated heterocycles. The van der Waals surface area contributed by atoms with Gasteiger partial charge in [-0.05, 0) is 67.1 Å². The number of aliphatic hydroxyl groups excluding tert-OH is 1. The van der Waals surface area contributed by atoms with Gasteiger partial charge in [0.15, 0.2) is 16.6 Å². The number of aliphatic hydroxyl groups is 1. The van der Waals surface area contributed by atoms with Crippen molar-refractivity contribution in [2.75, 3.05) is 32.8 Å². The Hall–Kier alpha value is -4.57. The highest BCUT2D eigenvalue weighted by Crippen LogP contribution is 2.46. The van der Waals surface area contributed by atoms with Gasteiger partial charge in [-0.3, -0.25) is 14.5 Å². The maximum absolute atomic E-state index is 13.6. The zero-order valence-electron chi connectivity index (χ0n) is 21.8. The second kappa shape index (κ2) is 10.7. The summed E-state index contributed by atoms with van der Waals surface area (Å²) in [4.78, 5) is 33.0. The van der Waals surface area contributed by atoms with Gasteiger partial charge >= 0.3 is 5.91 Å². The van der Waals surface area contributed by atoms with Crippen LogP contribution in [0.3, 0.4) is 0 Å². The molecule has 10 heteroatoms. The molecule has 0 radical (unpaired) electrons. The fourth-order valence-electron chi connectivity index (χ4n) is 4.50. The molecule has 3 aromatic carbocycles. The molecule has 0 aliphatic carbocycles. The number of amides is 1. The number of ether oxygens (including phenoxy) is 4. The van der Waals surface area contributed by atoms with Crippen LogP contribution in [-0.2, 0) is 9.59 Å². The van der Waals surface area contributed by atoms with Crippen molar-refractivity contribution in [2.45, 2.75) is 13.0 Å². The Morgan fingerprint density at radius 2 is 1.64 bits per heavy atom. The highest BCUT2D eigenvalue weighted by atomic mass is 32.1. The molecule has 200 valence electrons. The number of nitrogens with zero attached hydrogens (tertiary/aromatic N) is 2. The predicted molar refractivity (Wildman–Crippen MR) is 148 cm³/mol. The van der Waals surface area contributed by atoms with Gasteiger partial charge in [0.1, 0.15) is 17.3 Å². The van der Waals surface area contributed by atoms with Crippen LogP contribution in [0.15, 0.2) is 66.2 Å². The molecule has 39 heavy (non-hydrogen) atoms. The standard InChI is InChI=1S/C29H26N2O7S/c1-5-38-21-13-8-17(14-22(21)37-4)25-24(26(32)16-6-9-18(35-2)10-7-16)27(33)28(34)31(25)29-30-20-12-11-19(36-3)15-23(20)39-29/h6-15,25,32H,5H2,1-4H3/b26-24+. The lowest BCUT2D eigenvalue weighted by Gasteiger charge is -2.24. The Morgan fingerprint density at radius 1 is 0.923 bits per heavy atom. The zero-order valence-corrected chi connectivity index (χ0v) is 22.6. The molecular weight excluding hydrogens is 520 g/mol. The van der Waals surface area contributed by atoms with Crippen molar-refractivity contribution < 1.29 is 33.6 Å². The van der Waals surface area contributed by atoms with Gasteiger partial charge in [0.25, 0.3) is 5.78 Å². The first-order valence-corrected chi connectivity index (χ1v) is 12.9. The number of carbonyl (C=O) groups excluding carboxylic acids is 2. The number of methoxy groups -OCH3 is 3. The van der Waals surface area contributed by atoms with E-state index in [-0.39, 0.29) is 11.3 Å². The highest BCUT2D eigenvalue weighted by molar-refractivity contribution is 7.22. The van der Waals surface area contributed by atoms with E-state index in [9.17, 15) is 14.7 Å². The second-order valence-corrected chi connectivity index (χ2v) is 9.58. The molecule has 0 spiro atoms. The van der Waals surface area contributed by atoms with Gasteiger partial charge in [-0.2, -0.15) is 0 Å². The molecular formula is C29H26N2O7S. The molecule has 1 atom stereocenters. The number of ketones is 1. The van der Waals surface area contributed by atoms with E-state index in [1.807, 2.05) is 13.0 Å². The van der Waals surface area contributed by atoms with E-state index in [0.29, 0.717) is 51.4 Å². The number of thiazole rings is 1. The number of hydrogen-bond acceptors (Lipinski definition) is 9. The summed E-state index contributed by atoms with van der Waals surface area (Å²) < 4.78 is 22.5. The number of hydrogen-bond donors (Lipinski definition) is 1. The summed E-state index contributed by atoms with van der Waals surface area (Å²) in [6.45, 7) is 2.29. The number of benzene rings is 3. The number of carbonyl (C=O) groups is 2. The van der Waals surface area contributed by atoms with Crippen molar-refractivity contribution in [1.29, 1.82) is 0 Å². The molecule has 1 aliphatic heterocycles. The van der Waals surface area contributed by atoms with E-state index >= 15 is 0 Å². The fourth-order valence-corrected chi connectivity index (χ4v) is 5.52. The third-order valence-corrected chi connectivity index (χ3v) is 7.42. The number of anilines is 1. The number of rotatable bonds is 8. The van der Waals surface area contributed by atoms with Gasteiger partial charge < -0.3 is 24.1 Å². The average molecular weight is 547 g/mol. The lowest BCUT2D eigenvalue weighted by molar-refractivity contribution is -0.132. The van der Waals surface area contributed by atoms with E-state index in [1.54, 1.807) is 61.7 Å². The molecule has 1 aromatic heterocycles. The van der Waals surface area contributed by atoms with Crippen LogP contribution in [0.25, 0.3) is 16.0 Å². The number of fused-ring (bicyclic) bond motifs is 1. The van der Waals surface area contributed by atoms with Crippen LogP contribution in [-0.4, -0.2) is 49.7 Å². The summed E-state index contributed by atoms with van der Waals surface area (Å²) in [6.07, 6.45) is 0. The first-order chi connectivity index (χ1) is 18.9. The van der Waals surface area contributed by atoms with Crippen molar-refractivity contribution in [1.82, 2.24) is 4.98 Å². The topological polar surface area (TPSA) is 107 Å².